The van der Waals surface area contributed by atoms with Crippen LogP contribution in [0.15, 0.2) is 53.1 Å². The highest BCUT2D eigenvalue weighted by molar-refractivity contribution is 5.78. The van der Waals surface area contributed by atoms with Gasteiger partial charge in [-0.2, -0.15) is 4.98 Å². The number of likely N-dealkylation sites (tertiary alicyclic amines) is 1. The average Bonchev–Trinajstić information content (AvgIpc) is 3.39. The zero-order chi connectivity index (χ0) is 25.3. The van der Waals surface area contributed by atoms with Crippen LogP contribution in [0.4, 0.5) is 5.69 Å². The summed E-state index contributed by atoms with van der Waals surface area (Å²) in [5.74, 6) is 2.55. The number of aromatic nitrogens is 2. The van der Waals surface area contributed by atoms with Crippen LogP contribution in [-0.4, -0.2) is 68.4 Å². The Labute approximate surface area is 212 Å². The smallest absolute Gasteiger partial charge is 0.241 e. The third kappa shape index (κ3) is 6.54. The van der Waals surface area contributed by atoms with Gasteiger partial charge >= 0.3 is 0 Å². The average molecular weight is 494 g/mol. The molecule has 0 saturated carbocycles. The Balaban J connectivity index is 1.18. The van der Waals surface area contributed by atoms with Crippen molar-refractivity contribution in [3.8, 4) is 22.9 Å². The number of nitrogens with zero attached hydrogens (tertiary/aromatic N) is 4. The van der Waals surface area contributed by atoms with E-state index in [0.29, 0.717) is 36.3 Å². The minimum atomic E-state index is 0.0538. The number of methoxy groups -OCH3 is 2. The Morgan fingerprint density at radius 1 is 1.11 bits per heavy atom. The first kappa shape index (κ1) is 25.5. The van der Waals surface area contributed by atoms with Crippen molar-refractivity contribution in [3.05, 3.63) is 54.4 Å². The Morgan fingerprint density at radius 3 is 2.58 bits per heavy atom. The Morgan fingerprint density at radius 2 is 1.86 bits per heavy atom. The highest BCUT2D eigenvalue weighted by Gasteiger charge is 2.26. The summed E-state index contributed by atoms with van der Waals surface area (Å²) in [6.45, 7) is 3.81. The molecular formula is C27H35N5O4. The number of piperidine rings is 1. The lowest BCUT2D eigenvalue weighted by atomic mass is 9.96. The van der Waals surface area contributed by atoms with Crippen molar-refractivity contribution in [2.75, 3.05) is 52.3 Å². The van der Waals surface area contributed by atoms with Gasteiger partial charge in [-0.1, -0.05) is 23.4 Å². The van der Waals surface area contributed by atoms with Gasteiger partial charge in [0.05, 0.1) is 20.8 Å². The molecule has 1 aliphatic heterocycles. The molecule has 0 unspecified atom stereocenters. The van der Waals surface area contributed by atoms with Crippen molar-refractivity contribution < 1.29 is 18.8 Å². The molecule has 1 saturated heterocycles. The Kier molecular flexibility index (Phi) is 8.78. The first-order valence-corrected chi connectivity index (χ1v) is 12.4. The lowest BCUT2D eigenvalue weighted by Gasteiger charge is -2.30. The number of ether oxygens (including phenoxy) is 2. The summed E-state index contributed by atoms with van der Waals surface area (Å²) in [5, 5.41) is 7.24. The molecule has 36 heavy (non-hydrogen) atoms. The molecule has 0 spiro atoms. The topological polar surface area (TPSA) is 93.0 Å². The molecule has 1 aliphatic rings. The maximum Gasteiger partial charge on any atom is 0.241 e. The summed E-state index contributed by atoms with van der Waals surface area (Å²) in [4.78, 5) is 21.6. The van der Waals surface area contributed by atoms with Crippen LogP contribution in [-0.2, 0) is 11.3 Å². The molecule has 192 valence electrons. The van der Waals surface area contributed by atoms with Crippen LogP contribution in [0, 0.1) is 5.92 Å². The van der Waals surface area contributed by atoms with Gasteiger partial charge in [-0.15, -0.1) is 0 Å². The number of amides is 1. The van der Waals surface area contributed by atoms with E-state index in [2.05, 4.69) is 44.4 Å². The Hall–Kier alpha value is -3.59. The van der Waals surface area contributed by atoms with Gasteiger partial charge in [0.2, 0.25) is 17.6 Å². The first-order valence-electron chi connectivity index (χ1n) is 12.4. The number of carbonyl (C=O) groups is 1. The second-order valence-electron chi connectivity index (χ2n) is 9.03. The van der Waals surface area contributed by atoms with E-state index in [1.807, 2.05) is 36.4 Å². The van der Waals surface area contributed by atoms with Crippen LogP contribution in [0.1, 0.15) is 25.2 Å². The van der Waals surface area contributed by atoms with Gasteiger partial charge in [0, 0.05) is 37.3 Å². The van der Waals surface area contributed by atoms with E-state index in [1.54, 1.807) is 14.2 Å². The molecular weight excluding hydrogens is 458 g/mol. The van der Waals surface area contributed by atoms with E-state index in [-0.39, 0.29) is 11.8 Å². The van der Waals surface area contributed by atoms with E-state index < -0.39 is 0 Å². The normalized spacial score (nSPS) is 14.4. The first-order chi connectivity index (χ1) is 17.6. The van der Waals surface area contributed by atoms with Crippen molar-refractivity contribution in [3.63, 3.8) is 0 Å². The standard InChI is InChI=1S/C27H35N5O4/c1-31(22-8-5-4-6-9-22)15-7-14-28-27(33)20-12-16-32(17-13-20)19-25-29-26(30-36-25)21-10-11-23(34-2)24(18-21)35-3/h4-6,8-11,18,20H,7,12-17,19H2,1-3H3,(H,28,33). The van der Waals surface area contributed by atoms with E-state index >= 15 is 0 Å². The molecule has 0 aliphatic carbocycles. The predicted molar refractivity (Wildman–Crippen MR) is 138 cm³/mol. The number of benzene rings is 2. The van der Waals surface area contributed by atoms with Crippen LogP contribution in [0.25, 0.3) is 11.4 Å². The van der Waals surface area contributed by atoms with Gasteiger partial charge < -0.3 is 24.2 Å². The predicted octanol–water partition coefficient (Wildman–Crippen LogP) is 3.61. The van der Waals surface area contributed by atoms with E-state index in [0.717, 1.165) is 44.5 Å². The highest BCUT2D eigenvalue weighted by atomic mass is 16.5. The van der Waals surface area contributed by atoms with Crippen molar-refractivity contribution in [1.82, 2.24) is 20.4 Å². The molecule has 0 radical (unpaired) electrons. The minimum absolute atomic E-state index is 0.0538. The third-order valence-corrected chi connectivity index (χ3v) is 6.59. The number of hydrogen-bond acceptors (Lipinski definition) is 8. The van der Waals surface area contributed by atoms with E-state index in [4.69, 9.17) is 14.0 Å². The maximum absolute atomic E-state index is 12.6. The molecule has 1 aromatic heterocycles. The fourth-order valence-electron chi connectivity index (χ4n) is 4.44. The maximum atomic E-state index is 12.6. The number of para-hydroxylation sites is 1. The molecule has 1 amide bonds. The van der Waals surface area contributed by atoms with Crippen LogP contribution in [0.2, 0.25) is 0 Å². The number of anilines is 1. The van der Waals surface area contributed by atoms with Crippen molar-refractivity contribution in [2.45, 2.75) is 25.8 Å². The number of rotatable bonds is 11. The monoisotopic (exact) mass is 493 g/mol. The van der Waals surface area contributed by atoms with Crippen LogP contribution in [0.3, 0.4) is 0 Å². The molecule has 9 nitrogen and oxygen atoms in total. The van der Waals surface area contributed by atoms with Crippen molar-refractivity contribution in [2.24, 2.45) is 5.92 Å². The number of nitrogens with one attached hydrogen (secondary N) is 1. The number of carbonyl (C=O) groups excluding carboxylic acids is 1. The Bertz CT molecular complexity index is 1110. The van der Waals surface area contributed by atoms with Gasteiger partial charge in [0.15, 0.2) is 11.5 Å². The van der Waals surface area contributed by atoms with Gasteiger partial charge in [-0.05, 0) is 62.7 Å². The van der Waals surface area contributed by atoms with Gasteiger partial charge in [-0.25, -0.2) is 0 Å². The zero-order valence-corrected chi connectivity index (χ0v) is 21.3. The second kappa shape index (κ2) is 12.4. The zero-order valence-electron chi connectivity index (χ0n) is 21.3. The molecule has 9 heteroatoms. The molecule has 4 rings (SSSR count). The van der Waals surface area contributed by atoms with E-state index in [9.17, 15) is 4.79 Å². The lowest BCUT2D eigenvalue weighted by Crippen LogP contribution is -2.40. The summed E-state index contributed by atoms with van der Waals surface area (Å²) in [5.41, 5.74) is 1.99. The minimum Gasteiger partial charge on any atom is -0.493 e. The second-order valence-corrected chi connectivity index (χ2v) is 9.03. The summed E-state index contributed by atoms with van der Waals surface area (Å²) >= 11 is 0. The summed E-state index contributed by atoms with van der Waals surface area (Å²) < 4.78 is 16.1. The molecule has 1 fully saturated rings. The lowest BCUT2D eigenvalue weighted by molar-refractivity contribution is -0.126. The quantitative estimate of drug-likeness (QED) is 0.405. The van der Waals surface area contributed by atoms with E-state index in [1.165, 1.54) is 5.69 Å². The van der Waals surface area contributed by atoms with Crippen molar-refractivity contribution >= 4 is 11.6 Å². The summed E-state index contributed by atoms with van der Waals surface area (Å²) in [7, 11) is 5.27. The third-order valence-electron chi connectivity index (χ3n) is 6.59. The highest BCUT2D eigenvalue weighted by Crippen LogP contribution is 2.31. The fourth-order valence-corrected chi connectivity index (χ4v) is 4.44. The summed E-state index contributed by atoms with van der Waals surface area (Å²) in [6, 6.07) is 15.8. The molecule has 1 N–H and O–H groups in total. The number of hydrogen-bond donors (Lipinski definition) is 1. The van der Waals surface area contributed by atoms with Gasteiger partial charge in [0.1, 0.15) is 0 Å². The van der Waals surface area contributed by atoms with Gasteiger partial charge in [0.25, 0.3) is 0 Å². The molecule has 2 aromatic carbocycles. The largest absolute Gasteiger partial charge is 0.493 e. The molecule has 3 aromatic rings. The van der Waals surface area contributed by atoms with Crippen LogP contribution >= 0.6 is 0 Å². The van der Waals surface area contributed by atoms with Crippen molar-refractivity contribution in [1.29, 1.82) is 0 Å². The molecule has 0 atom stereocenters. The van der Waals surface area contributed by atoms with Gasteiger partial charge in [-0.3, -0.25) is 9.69 Å². The fraction of sp³-hybridized carbons (Fsp3) is 0.444. The summed E-state index contributed by atoms with van der Waals surface area (Å²) in [6.07, 6.45) is 2.56. The molecule has 0 bridgehead atoms. The SMILES string of the molecule is COc1ccc(-c2noc(CN3CCC(C(=O)NCCCN(C)c4ccccc4)CC3)n2)cc1OC. The van der Waals surface area contributed by atoms with Crippen LogP contribution < -0.4 is 19.7 Å². The van der Waals surface area contributed by atoms with Crippen LogP contribution in [0.5, 0.6) is 11.5 Å². The molecule has 2 heterocycles.